The van der Waals surface area contributed by atoms with Crippen LogP contribution in [0, 0.1) is 0 Å². The highest BCUT2D eigenvalue weighted by Gasteiger charge is 2.26. The molecule has 1 aliphatic heterocycles. The van der Waals surface area contributed by atoms with Crippen molar-refractivity contribution in [2.75, 3.05) is 14.1 Å². The highest BCUT2D eigenvalue weighted by molar-refractivity contribution is 7.10. The Morgan fingerprint density at radius 2 is 2.06 bits per heavy atom. The molecule has 0 aliphatic carbocycles. The van der Waals surface area contributed by atoms with E-state index in [1.54, 1.807) is 0 Å². The van der Waals surface area contributed by atoms with E-state index in [2.05, 4.69) is 48.4 Å². The number of aromatic nitrogens is 1. The third-order valence-corrected chi connectivity index (χ3v) is 3.87. The van der Waals surface area contributed by atoms with Crippen molar-refractivity contribution in [2.24, 2.45) is 0 Å². The van der Waals surface area contributed by atoms with E-state index in [4.69, 9.17) is 0 Å². The normalized spacial score (nSPS) is 16.9. The first-order valence-electron chi connectivity index (χ1n) is 5.21. The van der Waals surface area contributed by atoms with E-state index < -0.39 is 0 Å². The zero-order valence-electron chi connectivity index (χ0n) is 9.48. The molecule has 0 bridgehead atoms. The zero-order valence-corrected chi connectivity index (χ0v) is 12.5. The van der Waals surface area contributed by atoms with Crippen molar-refractivity contribution in [1.82, 2.24) is 4.57 Å². The van der Waals surface area contributed by atoms with Gasteiger partial charge in [-0.2, -0.15) is 0 Å². The summed E-state index contributed by atoms with van der Waals surface area (Å²) in [4.78, 5) is 1.50. The lowest BCUT2D eigenvalue weighted by Gasteiger charge is -2.27. The molecule has 0 fully saturated rings. The van der Waals surface area contributed by atoms with Crippen molar-refractivity contribution in [1.29, 1.82) is 0 Å². The van der Waals surface area contributed by atoms with Crippen LogP contribution in [0.1, 0.15) is 10.6 Å². The highest BCUT2D eigenvalue weighted by Crippen LogP contribution is 2.30. The maximum absolute atomic E-state index is 2.33. The van der Waals surface area contributed by atoms with Crippen molar-refractivity contribution in [3.8, 4) is 5.69 Å². The summed E-state index contributed by atoms with van der Waals surface area (Å²) < 4.78 is 3.37. The summed E-state index contributed by atoms with van der Waals surface area (Å²) >= 11 is 1.87. The summed E-state index contributed by atoms with van der Waals surface area (Å²) in [7, 11) is 4.60. The lowest BCUT2D eigenvalue weighted by Crippen LogP contribution is -3.00. The van der Waals surface area contributed by atoms with Crippen LogP contribution < -0.4 is 24.0 Å². The average molecular weight is 346 g/mol. The minimum atomic E-state index is 0. The van der Waals surface area contributed by atoms with E-state index in [0.29, 0.717) is 0 Å². The molecule has 3 rings (SSSR count). The molecule has 16 heavy (non-hydrogen) atoms. The van der Waals surface area contributed by atoms with Gasteiger partial charge in [-0.15, -0.1) is 11.3 Å². The molecule has 86 valence electrons. The molecule has 4 heteroatoms. The monoisotopic (exact) mass is 346 g/mol. The van der Waals surface area contributed by atoms with Crippen molar-refractivity contribution in [3.63, 3.8) is 0 Å². The maximum atomic E-state index is 2.33. The fourth-order valence-corrected chi connectivity index (χ4v) is 3.40. The molecule has 0 radical (unpaired) electrons. The number of rotatable bonds is 0. The Kier molecular flexibility index (Phi) is 3.16. The van der Waals surface area contributed by atoms with Crippen molar-refractivity contribution < 1.29 is 28.5 Å². The van der Waals surface area contributed by atoms with E-state index in [1.165, 1.54) is 16.3 Å². The van der Waals surface area contributed by atoms with E-state index in [0.717, 1.165) is 17.6 Å². The Bertz CT molecular complexity index is 454. The van der Waals surface area contributed by atoms with Gasteiger partial charge in [0, 0.05) is 6.20 Å². The van der Waals surface area contributed by atoms with Gasteiger partial charge >= 0.3 is 0 Å². The number of hydrogen-bond acceptors (Lipinski definition) is 1. The van der Waals surface area contributed by atoms with Crippen LogP contribution >= 0.6 is 11.3 Å². The minimum Gasteiger partial charge on any atom is -1.00 e. The predicted molar refractivity (Wildman–Crippen MR) is 63.2 cm³/mol. The quantitative estimate of drug-likeness (QED) is 0.453. The third-order valence-electron chi connectivity index (χ3n) is 2.98. The van der Waals surface area contributed by atoms with E-state index in [9.17, 15) is 0 Å². The molecular formula is C12H15IN2S. The van der Waals surface area contributed by atoms with Gasteiger partial charge in [0.05, 0.1) is 30.4 Å². The van der Waals surface area contributed by atoms with Gasteiger partial charge in [-0.1, -0.05) is 0 Å². The maximum Gasteiger partial charge on any atom is 0.120 e. The van der Waals surface area contributed by atoms with Crippen LogP contribution in [0.25, 0.3) is 5.69 Å². The Morgan fingerprint density at radius 3 is 2.88 bits per heavy atom. The number of thiophene rings is 1. The molecule has 0 atom stereocenters. The Balaban J connectivity index is 0.000000963. The number of quaternary nitrogens is 1. The first-order valence-corrected chi connectivity index (χ1v) is 6.09. The summed E-state index contributed by atoms with van der Waals surface area (Å²) in [5, 5.41) is 2.19. The molecule has 1 aliphatic rings. The van der Waals surface area contributed by atoms with Gasteiger partial charge < -0.3 is 33.0 Å². The molecule has 0 saturated carbocycles. The van der Waals surface area contributed by atoms with Crippen LogP contribution in [-0.2, 0) is 13.1 Å². The highest BCUT2D eigenvalue weighted by atomic mass is 127. The second-order valence-corrected chi connectivity index (χ2v) is 5.85. The number of fused-ring (bicyclic) bond motifs is 3. The lowest BCUT2D eigenvalue weighted by molar-refractivity contribution is -0.916. The largest absolute Gasteiger partial charge is 1.00 e. The van der Waals surface area contributed by atoms with Crippen LogP contribution in [0.4, 0.5) is 0 Å². The number of nitrogens with zero attached hydrogens (tertiary/aromatic N) is 2. The summed E-state index contributed by atoms with van der Waals surface area (Å²) in [5.41, 5.74) is 2.79. The summed E-state index contributed by atoms with van der Waals surface area (Å²) in [6.45, 7) is 2.24. The van der Waals surface area contributed by atoms with Crippen LogP contribution in [0.15, 0.2) is 29.8 Å². The predicted octanol–water partition coefficient (Wildman–Crippen LogP) is -0.367. The smallest absolute Gasteiger partial charge is 0.120 e. The molecule has 0 amide bonds. The molecule has 0 unspecified atom stereocenters. The van der Waals surface area contributed by atoms with Crippen LogP contribution in [0.5, 0.6) is 0 Å². The third kappa shape index (κ3) is 1.94. The molecule has 0 spiro atoms. The lowest BCUT2D eigenvalue weighted by atomic mass is 10.3. The van der Waals surface area contributed by atoms with Crippen molar-refractivity contribution in [3.05, 3.63) is 40.3 Å². The molecule has 2 aromatic rings. The fraction of sp³-hybridized carbons (Fsp3) is 0.333. The Labute approximate surface area is 117 Å². The summed E-state index contributed by atoms with van der Waals surface area (Å²) in [6.07, 6.45) is 2.17. The van der Waals surface area contributed by atoms with Gasteiger partial charge in [-0.05, 0) is 23.6 Å². The first kappa shape index (κ1) is 12.1. The molecule has 0 saturated heterocycles. The van der Waals surface area contributed by atoms with Crippen LogP contribution in [0.3, 0.4) is 0 Å². The zero-order chi connectivity index (χ0) is 10.5. The molecular weight excluding hydrogens is 331 g/mol. The Hall–Kier alpha value is -0.330. The number of hydrogen-bond donors (Lipinski definition) is 0. The second-order valence-electron chi connectivity index (χ2n) is 4.85. The van der Waals surface area contributed by atoms with E-state index in [-0.39, 0.29) is 24.0 Å². The number of halogens is 1. The van der Waals surface area contributed by atoms with Gasteiger partial charge in [0.2, 0.25) is 0 Å². The standard InChI is InChI=1S/C12H15N2S.HI/c1-14(2)8-10-4-3-6-13(10)11-5-7-15-12(11)9-14;/h3-7H,8-9H2,1-2H3;1H/q+1;/p-1. The van der Waals surface area contributed by atoms with Gasteiger partial charge in [-0.25, -0.2) is 0 Å². The Morgan fingerprint density at radius 1 is 1.25 bits per heavy atom. The van der Waals surface area contributed by atoms with Crippen LogP contribution in [-0.4, -0.2) is 23.1 Å². The topological polar surface area (TPSA) is 4.93 Å². The van der Waals surface area contributed by atoms with Crippen LogP contribution in [0.2, 0.25) is 0 Å². The fourth-order valence-electron chi connectivity index (χ4n) is 2.33. The summed E-state index contributed by atoms with van der Waals surface area (Å²) in [5.74, 6) is 0. The van der Waals surface area contributed by atoms with Gasteiger partial charge in [0.15, 0.2) is 0 Å². The van der Waals surface area contributed by atoms with Crippen molar-refractivity contribution >= 4 is 11.3 Å². The molecule has 0 aromatic carbocycles. The average Bonchev–Trinajstić information content (AvgIpc) is 2.71. The van der Waals surface area contributed by atoms with Crippen molar-refractivity contribution in [2.45, 2.75) is 13.1 Å². The first-order chi connectivity index (χ1) is 7.16. The minimum absolute atomic E-state index is 0. The summed E-state index contributed by atoms with van der Waals surface area (Å²) in [6, 6.07) is 6.60. The SMILES string of the molecule is C[N+]1(C)Cc2sccc2-n2cccc2C1.[I-]. The van der Waals surface area contributed by atoms with Gasteiger partial charge in [0.25, 0.3) is 0 Å². The molecule has 0 N–H and O–H groups in total. The van der Waals surface area contributed by atoms with E-state index in [1.807, 2.05) is 11.3 Å². The molecule has 3 heterocycles. The van der Waals surface area contributed by atoms with Gasteiger partial charge in [0.1, 0.15) is 13.1 Å². The van der Waals surface area contributed by atoms with Gasteiger partial charge in [-0.3, -0.25) is 0 Å². The molecule has 2 aromatic heterocycles. The van der Waals surface area contributed by atoms with E-state index >= 15 is 0 Å². The second kappa shape index (κ2) is 4.16. The molecule has 2 nitrogen and oxygen atoms in total.